The summed E-state index contributed by atoms with van der Waals surface area (Å²) < 4.78 is 0. The van der Waals surface area contributed by atoms with Gasteiger partial charge in [0.15, 0.2) is 0 Å². The van der Waals surface area contributed by atoms with Gasteiger partial charge < -0.3 is 16.0 Å². The van der Waals surface area contributed by atoms with Gasteiger partial charge in [-0.1, -0.05) is 6.92 Å². The van der Waals surface area contributed by atoms with Gasteiger partial charge in [0.05, 0.1) is 4.88 Å². The Hall–Kier alpha value is -1.07. The molecule has 4 nitrogen and oxygen atoms in total. The molecular weight excluding hydrogens is 258 g/mol. The van der Waals surface area contributed by atoms with E-state index in [-0.39, 0.29) is 5.91 Å². The van der Waals surface area contributed by atoms with Gasteiger partial charge in [0.25, 0.3) is 5.91 Å². The van der Waals surface area contributed by atoms with E-state index >= 15 is 0 Å². The van der Waals surface area contributed by atoms with E-state index in [2.05, 4.69) is 17.1 Å². The van der Waals surface area contributed by atoms with Crippen molar-refractivity contribution in [3.63, 3.8) is 0 Å². The molecule has 106 valence electrons. The first-order valence-corrected chi connectivity index (χ1v) is 7.74. The van der Waals surface area contributed by atoms with Gasteiger partial charge in [0.2, 0.25) is 0 Å². The second kappa shape index (κ2) is 6.39. The number of amides is 1. The number of nitrogens with zero attached hydrogens (tertiary/aromatic N) is 1. The van der Waals surface area contributed by atoms with E-state index in [4.69, 9.17) is 5.73 Å². The minimum atomic E-state index is -0.00179. The van der Waals surface area contributed by atoms with Crippen LogP contribution in [0.1, 0.15) is 34.3 Å². The summed E-state index contributed by atoms with van der Waals surface area (Å²) in [6, 6.07) is 1.76. The number of nitrogens with two attached hydrogens (primary N) is 1. The number of thiophene rings is 1. The molecule has 0 saturated carbocycles. The van der Waals surface area contributed by atoms with Crippen molar-refractivity contribution in [2.24, 2.45) is 5.92 Å². The van der Waals surface area contributed by atoms with E-state index < -0.39 is 0 Å². The Morgan fingerprint density at radius 1 is 1.53 bits per heavy atom. The lowest BCUT2D eigenvalue weighted by Gasteiger charge is -2.20. The molecule has 1 atom stereocenters. The Morgan fingerprint density at radius 2 is 2.21 bits per heavy atom. The van der Waals surface area contributed by atoms with Crippen LogP contribution in [-0.2, 0) is 0 Å². The molecule has 5 heteroatoms. The first-order chi connectivity index (χ1) is 9.06. The zero-order chi connectivity index (χ0) is 13.8. The summed E-state index contributed by atoms with van der Waals surface area (Å²) in [6.07, 6.45) is 2.62. The molecule has 0 aromatic carbocycles. The van der Waals surface area contributed by atoms with Crippen LogP contribution in [0.2, 0.25) is 0 Å². The number of hydrogen-bond donors (Lipinski definition) is 2. The van der Waals surface area contributed by atoms with E-state index in [1.165, 1.54) is 37.3 Å². The number of anilines is 1. The van der Waals surface area contributed by atoms with Crippen LogP contribution in [0.15, 0.2) is 6.07 Å². The second-order valence-corrected chi connectivity index (χ2v) is 6.70. The van der Waals surface area contributed by atoms with E-state index in [1.807, 2.05) is 6.92 Å². The van der Waals surface area contributed by atoms with Crippen LogP contribution in [0.4, 0.5) is 5.69 Å². The van der Waals surface area contributed by atoms with Gasteiger partial charge in [0.1, 0.15) is 0 Å². The highest BCUT2D eigenvalue weighted by Crippen LogP contribution is 2.23. The molecule has 1 aliphatic heterocycles. The number of nitrogens with one attached hydrogen (secondary N) is 1. The Labute approximate surface area is 119 Å². The predicted octanol–water partition coefficient (Wildman–Crippen LogP) is 2.10. The van der Waals surface area contributed by atoms with Gasteiger partial charge >= 0.3 is 0 Å². The van der Waals surface area contributed by atoms with Crippen LogP contribution in [0.25, 0.3) is 0 Å². The van der Waals surface area contributed by atoms with E-state index in [0.29, 0.717) is 16.5 Å². The lowest BCUT2D eigenvalue weighted by atomic mass is 10.1. The number of likely N-dealkylation sites (tertiary alicyclic amines) is 1. The van der Waals surface area contributed by atoms with Crippen molar-refractivity contribution in [3.8, 4) is 0 Å². The smallest absolute Gasteiger partial charge is 0.261 e. The van der Waals surface area contributed by atoms with Crippen LogP contribution in [-0.4, -0.2) is 37.0 Å². The largest absolute Gasteiger partial charge is 0.398 e. The normalized spacial score (nSPS) is 17.6. The van der Waals surface area contributed by atoms with Gasteiger partial charge in [-0.15, -0.1) is 11.3 Å². The summed E-state index contributed by atoms with van der Waals surface area (Å²) in [7, 11) is 0. The number of carbonyl (C=O) groups is 1. The second-order valence-electron chi connectivity index (χ2n) is 5.45. The fourth-order valence-corrected chi connectivity index (χ4v) is 3.29. The predicted molar refractivity (Wildman–Crippen MR) is 80.6 cm³/mol. The molecule has 0 aliphatic carbocycles. The molecule has 3 N–H and O–H groups in total. The third-order valence-electron chi connectivity index (χ3n) is 3.56. The molecule has 1 amide bonds. The molecule has 0 spiro atoms. The average molecular weight is 281 g/mol. The summed E-state index contributed by atoms with van der Waals surface area (Å²) in [5.74, 6) is 0.485. The van der Waals surface area contributed by atoms with Crippen molar-refractivity contribution in [1.29, 1.82) is 0 Å². The summed E-state index contributed by atoms with van der Waals surface area (Å²) in [6.45, 7) is 8.34. The third kappa shape index (κ3) is 3.94. The third-order valence-corrected chi connectivity index (χ3v) is 4.62. The fraction of sp³-hybridized carbons (Fsp3) is 0.643. The highest BCUT2D eigenvalue weighted by Gasteiger charge is 2.16. The van der Waals surface area contributed by atoms with Gasteiger partial charge in [-0.3, -0.25) is 4.79 Å². The maximum Gasteiger partial charge on any atom is 0.261 e. The SMILES string of the molecule is Cc1sc(C(=O)NCC(C)CN2CCCC2)cc1N. The summed E-state index contributed by atoms with van der Waals surface area (Å²) in [5, 5.41) is 3.00. The first kappa shape index (κ1) is 14.3. The Morgan fingerprint density at radius 3 is 2.79 bits per heavy atom. The van der Waals surface area contributed by atoms with Gasteiger partial charge in [-0.2, -0.15) is 0 Å². The standard InChI is InChI=1S/C14H23N3OS/c1-10(9-17-5-3-4-6-17)8-16-14(18)13-7-12(15)11(2)19-13/h7,10H,3-6,8-9,15H2,1-2H3,(H,16,18). The number of hydrogen-bond acceptors (Lipinski definition) is 4. The van der Waals surface area contributed by atoms with Crippen molar-refractivity contribution >= 4 is 22.9 Å². The van der Waals surface area contributed by atoms with Crippen LogP contribution in [0, 0.1) is 12.8 Å². The highest BCUT2D eigenvalue weighted by molar-refractivity contribution is 7.14. The van der Waals surface area contributed by atoms with E-state index in [0.717, 1.165) is 18.0 Å². The number of aryl methyl sites for hydroxylation is 1. The zero-order valence-corrected chi connectivity index (χ0v) is 12.6. The van der Waals surface area contributed by atoms with Crippen molar-refractivity contribution in [2.75, 3.05) is 31.9 Å². The van der Waals surface area contributed by atoms with Crippen molar-refractivity contribution in [3.05, 3.63) is 15.8 Å². The number of rotatable bonds is 5. The summed E-state index contributed by atoms with van der Waals surface area (Å²) >= 11 is 1.46. The monoisotopic (exact) mass is 281 g/mol. The Bertz CT molecular complexity index is 418. The minimum absolute atomic E-state index is 0.00179. The molecule has 0 bridgehead atoms. The molecule has 1 saturated heterocycles. The molecule has 1 aromatic rings. The van der Waals surface area contributed by atoms with Crippen LogP contribution < -0.4 is 11.1 Å². The Balaban J connectivity index is 1.76. The number of carbonyl (C=O) groups excluding carboxylic acids is 1. The molecule has 1 aliphatic rings. The molecule has 19 heavy (non-hydrogen) atoms. The number of nitrogen functional groups attached to an aromatic ring is 1. The van der Waals surface area contributed by atoms with Gasteiger partial charge in [-0.05, 0) is 44.8 Å². The Kier molecular flexibility index (Phi) is 4.82. The molecule has 1 aromatic heterocycles. The van der Waals surface area contributed by atoms with Crippen molar-refractivity contribution in [1.82, 2.24) is 10.2 Å². The van der Waals surface area contributed by atoms with Crippen molar-refractivity contribution < 1.29 is 4.79 Å². The molecule has 2 rings (SSSR count). The molecule has 1 unspecified atom stereocenters. The van der Waals surface area contributed by atoms with Crippen LogP contribution in [0.3, 0.4) is 0 Å². The van der Waals surface area contributed by atoms with Crippen molar-refractivity contribution in [2.45, 2.75) is 26.7 Å². The van der Waals surface area contributed by atoms with Gasteiger partial charge in [-0.25, -0.2) is 0 Å². The zero-order valence-electron chi connectivity index (χ0n) is 11.7. The highest BCUT2D eigenvalue weighted by atomic mass is 32.1. The van der Waals surface area contributed by atoms with Crippen LogP contribution >= 0.6 is 11.3 Å². The quantitative estimate of drug-likeness (QED) is 0.869. The molecule has 2 heterocycles. The van der Waals surface area contributed by atoms with E-state index in [1.54, 1.807) is 6.07 Å². The fourth-order valence-electron chi connectivity index (χ4n) is 2.43. The summed E-state index contributed by atoms with van der Waals surface area (Å²) in [4.78, 5) is 16.2. The first-order valence-electron chi connectivity index (χ1n) is 6.92. The average Bonchev–Trinajstić information content (AvgIpc) is 2.98. The maximum atomic E-state index is 12.0. The van der Waals surface area contributed by atoms with Crippen LogP contribution in [0.5, 0.6) is 0 Å². The van der Waals surface area contributed by atoms with E-state index in [9.17, 15) is 4.79 Å². The molecule has 1 fully saturated rings. The topological polar surface area (TPSA) is 58.4 Å². The molecular formula is C14H23N3OS. The maximum absolute atomic E-state index is 12.0. The van der Waals surface area contributed by atoms with Gasteiger partial charge in [0, 0.05) is 23.7 Å². The summed E-state index contributed by atoms with van der Waals surface area (Å²) in [5.41, 5.74) is 6.48. The lowest BCUT2D eigenvalue weighted by Crippen LogP contribution is -2.34. The minimum Gasteiger partial charge on any atom is -0.398 e. The lowest BCUT2D eigenvalue weighted by molar-refractivity contribution is 0.0949. The molecule has 0 radical (unpaired) electrons.